The van der Waals surface area contributed by atoms with Crippen molar-refractivity contribution in [2.75, 3.05) is 0 Å². The Hall–Kier alpha value is -0.540. The van der Waals surface area contributed by atoms with E-state index >= 15 is 0 Å². The number of thiophene rings is 1. The average Bonchev–Trinajstić information content (AvgIpc) is 2.62. The monoisotopic (exact) mass is 285 g/mol. The van der Waals surface area contributed by atoms with Crippen molar-refractivity contribution in [3.63, 3.8) is 0 Å². The summed E-state index contributed by atoms with van der Waals surface area (Å²) in [7, 11) is 0. The summed E-state index contributed by atoms with van der Waals surface area (Å²) in [4.78, 5) is 1.08. The smallest absolute Gasteiger partial charge is 0.0961 e. The van der Waals surface area contributed by atoms with Crippen LogP contribution in [0.15, 0.2) is 24.3 Å². The highest BCUT2D eigenvalue weighted by Gasteiger charge is 2.14. The molecule has 1 aromatic carbocycles. The van der Waals surface area contributed by atoms with E-state index in [0.717, 1.165) is 30.9 Å². The number of nitrogens with two attached hydrogens (primary N) is 1. The summed E-state index contributed by atoms with van der Waals surface area (Å²) < 4.78 is 0.807. The van der Waals surface area contributed by atoms with E-state index < -0.39 is 0 Å². The molecule has 0 spiro atoms. The van der Waals surface area contributed by atoms with Gasteiger partial charge < -0.3 is 5.73 Å². The Morgan fingerprint density at radius 1 is 1.12 bits per heavy atom. The molecule has 0 amide bonds. The molecule has 90 valence electrons. The van der Waals surface area contributed by atoms with Crippen molar-refractivity contribution < 1.29 is 0 Å². The normalized spacial score (nSPS) is 12.8. The Balaban J connectivity index is 2.36. The van der Waals surface area contributed by atoms with Crippen molar-refractivity contribution in [1.29, 1.82) is 0 Å². The number of hydrogen-bond acceptors (Lipinski definition) is 2. The first kappa shape index (κ1) is 12.9. The Kier molecular flexibility index (Phi) is 3.79. The van der Waals surface area contributed by atoms with Crippen LogP contribution in [0.5, 0.6) is 0 Å². The molecule has 2 N–H and O–H groups in total. The molecule has 1 unspecified atom stereocenters. The molecule has 2 aromatic rings. The highest BCUT2D eigenvalue weighted by molar-refractivity contribution is 7.16. The lowest BCUT2D eigenvalue weighted by atomic mass is 10.0. The molecule has 1 heterocycles. The van der Waals surface area contributed by atoms with Gasteiger partial charge in [0.25, 0.3) is 0 Å². The highest BCUT2D eigenvalue weighted by atomic mass is 35.5. The van der Waals surface area contributed by atoms with Crippen LogP contribution in [0.25, 0.3) is 0 Å². The quantitative estimate of drug-likeness (QED) is 0.849. The molecule has 4 heteroatoms. The van der Waals surface area contributed by atoms with E-state index in [1.54, 1.807) is 0 Å². The molecule has 1 atom stereocenters. The summed E-state index contributed by atoms with van der Waals surface area (Å²) in [5.74, 6) is 0. The molecule has 0 saturated heterocycles. The number of hydrogen-bond donors (Lipinski definition) is 1. The van der Waals surface area contributed by atoms with Crippen LogP contribution in [-0.4, -0.2) is 0 Å². The van der Waals surface area contributed by atoms with E-state index in [1.807, 2.05) is 38.1 Å². The van der Waals surface area contributed by atoms with Crippen LogP contribution in [0.3, 0.4) is 0 Å². The van der Waals surface area contributed by atoms with Crippen LogP contribution < -0.4 is 5.73 Å². The van der Waals surface area contributed by atoms with Crippen LogP contribution in [0.1, 0.15) is 27.6 Å². The maximum absolute atomic E-state index is 6.23. The lowest BCUT2D eigenvalue weighted by Crippen LogP contribution is -2.10. The second-order valence-corrected chi connectivity index (χ2v) is 6.18. The molecule has 0 saturated carbocycles. The Bertz CT molecular complexity index is 529. The zero-order valence-electron chi connectivity index (χ0n) is 9.63. The van der Waals surface area contributed by atoms with E-state index in [2.05, 4.69) is 0 Å². The Morgan fingerprint density at radius 2 is 1.82 bits per heavy atom. The third kappa shape index (κ3) is 2.66. The summed E-state index contributed by atoms with van der Waals surface area (Å²) in [6.07, 6.45) is 0. The van der Waals surface area contributed by atoms with Gasteiger partial charge in [-0.2, -0.15) is 0 Å². The summed E-state index contributed by atoms with van der Waals surface area (Å²) in [5.41, 5.74) is 9.40. The van der Waals surface area contributed by atoms with Crippen molar-refractivity contribution in [1.82, 2.24) is 0 Å². The van der Waals surface area contributed by atoms with Crippen molar-refractivity contribution in [3.05, 3.63) is 55.2 Å². The summed E-state index contributed by atoms with van der Waals surface area (Å²) in [6.45, 7) is 3.97. The lowest BCUT2D eigenvalue weighted by Gasteiger charge is -2.11. The topological polar surface area (TPSA) is 26.0 Å². The van der Waals surface area contributed by atoms with Crippen LogP contribution >= 0.6 is 34.5 Å². The Labute approximate surface area is 115 Å². The van der Waals surface area contributed by atoms with E-state index in [4.69, 9.17) is 28.9 Å². The van der Waals surface area contributed by atoms with Crippen LogP contribution in [0.2, 0.25) is 9.36 Å². The zero-order chi connectivity index (χ0) is 12.6. The molecular formula is C13H13Cl2NS. The molecule has 1 nitrogen and oxygen atoms in total. The number of aryl methyl sites for hydroxylation is 2. The van der Waals surface area contributed by atoms with Gasteiger partial charge in [0, 0.05) is 9.90 Å². The average molecular weight is 286 g/mol. The van der Waals surface area contributed by atoms with Gasteiger partial charge in [0.15, 0.2) is 0 Å². The molecule has 0 aliphatic rings. The summed E-state index contributed by atoms with van der Waals surface area (Å²) in [5, 5.41) is 0.765. The lowest BCUT2D eigenvalue weighted by molar-refractivity contribution is 0.891. The molecule has 0 bridgehead atoms. The fraction of sp³-hybridized carbons (Fsp3) is 0.231. The van der Waals surface area contributed by atoms with Gasteiger partial charge in [-0.3, -0.25) is 0 Å². The number of rotatable bonds is 2. The van der Waals surface area contributed by atoms with E-state index in [1.165, 1.54) is 11.3 Å². The fourth-order valence-corrected chi connectivity index (χ4v) is 3.03. The van der Waals surface area contributed by atoms with Crippen molar-refractivity contribution in [3.8, 4) is 0 Å². The second-order valence-electron chi connectivity index (χ2n) is 4.09. The minimum atomic E-state index is -0.137. The first-order chi connectivity index (χ1) is 7.99. The predicted octanol–water partition coefficient (Wildman–Crippen LogP) is 4.72. The third-order valence-corrected chi connectivity index (χ3v) is 4.79. The van der Waals surface area contributed by atoms with Crippen molar-refractivity contribution in [2.24, 2.45) is 5.73 Å². The molecule has 0 radical (unpaired) electrons. The SMILES string of the molecule is Cc1cc(C(N)c2cc(C)c(Cl)s2)ccc1Cl. The van der Waals surface area contributed by atoms with Gasteiger partial charge in [0.2, 0.25) is 0 Å². The molecule has 2 rings (SSSR count). The molecular weight excluding hydrogens is 273 g/mol. The van der Waals surface area contributed by atoms with E-state index in [9.17, 15) is 0 Å². The van der Waals surface area contributed by atoms with E-state index in [-0.39, 0.29) is 6.04 Å². The first-order valence-corrected chi connectivity index (χ1v) is 6.83. The number of benzene rings is 1. The van der Waals surface area contributed by atoms with Crippen LogP contribution in [0.4, 0.5) is 0 Å². The van der Waals surface area contributed by atoms with E-state index in [0.29, 0.717) is 0 Å². The van der Waals surface area contributed by atoms with Gasteiger partial charge >= 0.3 is 0 Å². The van der Waals surface area contributed by atoms with Gasteiger partial charge in [0.1, 0.15) is 0 Å². The minimum absolute atomic E-state index is 0.137. The summed E-state index contributed by atoms with van der Waals surface area (Å²) in [6, 6.07) is 7.77. The zero-order valence-corrected chi connectivity index (χ0v) is 12.0. The maximum atomic E-state index is 6.23. The largest absolute Gasteiger partial charge is 0.320 e. The van der Waals surface area contributed by atoms with Crippen LogP contribution in [0, 0.1) is 13.8 Å². The van der Waals surface area contributed by atoms with Crippen molar-refractivity contribution >= 4 is 34.5 Å². The van der Waals surface area contributed by atoms with Gasteiger partial charge in [0.05, 0.1) is 10.4 Å². The summed E-state index contributed by atoms with van der Waals surface area (Å²) >= 11 is 13.6. The van der Waals surface area contributed by atoms with Gasteiger partial charge in [-0.1, -0.05) is 35.3 Å². The second kappa shape index (κ2) is 4.99. The molecule has 0 fully saturated rings. The maximum Gasteiger partial charge on any atom is 0.0961 e. The molecule has 1 aromatic heterocycles. The van der Waals surface area contributed by atoms with Crippen LogP contribution in [-0.2, 0) is 0 Å². The Morgan fingerprint density at radius 3 is 2.35 bits per heavy atom. The van der Waals surface area contributed by atoms with Gasteiger partial charge in [-0.15, -0.1) is 11.3 Å². The minimum Gasteiger partial charge on any atom is -0.320 e. The fourth-order valence-electron chi connectivity index (χ4n) is 1.66. The third-order valence-electron chi connectivity index (χ3n) is 2.72. The highest BCUT2D eigenvalue weighted by Crippen LogP contribution is 2.33. The standard InChI is InChI=1S/C13H13Cl2NS/c1-7-5-9(3-4-10(7)14)12(16)11-6-8(2)13(15)17-11/h3-6,12H,16H2,1-2H3. The molecule has 0 aliphatic carbocycles. The van der Waals surface area contributed by atoms with Gasteiger partial charge in [-0.05, 0) is 42.7 Å². The number of halogens is 2. The predicted molar refractivity (Wildman–Crippen MR) is 76.3 cm³/mol. The molecule has 17 heavy (non-hydrogen) atoms. The first-order valence-electron chi connectivity index (χ1n) is 5.26. The van der Waals surface area contributed by atoms with Gasteiger partial charge in [-0.25, -0.2) is 0 Å². The molecule has 0 aliphatic heterocycles. The van der Waals surface area contributed by atoms with Crippen molar-refractivity contribution in [2.45, 2.75) is 19.9 Å².